The molecule has 1 aliphatic rings. The summed E-state index contributed by atoms with van der Waals surface area (Å²) in [6.07, 6.45) is 5.02. The van der Waals surface area contributed by atoms with E-state index in [0.29, 0.717) is 22.8 Å². The number of benzene rings is 1. The highest BCUT2D eigenvalue weighted by Gasteiger charge is 2.37. The number of carbonyl (C=O) groups excluding carboxylic acids is 3. The third-order valence-electron chi connectivity index (χ3n) is 5.90. The normalized spacial score (nSPS) is 15.1. The molecular formula is C26H22ClN7O3. The number of rotatable bonds is 6. The van der Waals surface area contributed by atoms with Crippen LogP contribution in [0.5, 0.6) is 0 Å². The first-order valence-electron chi connectivity index (χ1n) is 11.5. The van der Waals surface area contributed by atoms with Crippen molar-refractivity contribution >= 4 is 40.8 Å². The van der Waals surface area contributed by atoms with Gasteiger partial charge in [-0.1, -0.05) is 29.8 Å². The van der Waals surface area contributed by atoms with Crippen LogP contribution in [0.3, 0.4) is 0 Å². The number of halogens is 1. The highest BCUT2D eigenvalue weighted by Crippen LogP contribution is 2.27. The number of hydrogen-bond acceptors (Lipinski definition) is 6. The van der Waals surface area contributed by atoms with E-state index in [4.69, 9.17) is 11.6 Å². The number of hydrogen-bond donors (Lipinski definition) is 2. The van der Waals surface area contributed by atoms with Gasteiger partial charge in [0.1, 0.15) is 11.9 Å². The van der Waals surface area contributed by atoms with E-state index in [9.17, 15) is 14.4 Å². The van der Waals surface area contributed by atoms with Gasteiger partial charge in [-0.25, -0.2) is 4.98 Å². The Morgan fingerprint density at radius 2 is 1.86 bits per heavy atom. The highest BCUT2D eigenvalue weighted by atomic mass is 35.5. The van der Waals surface area contributed by atoms with Gasteiger partial charge in [-0.3, -0.25) is 24.0 Å². The quantitative estimate of drug-likeness (QED) is 0.406. The van der Waals surface area contributed by atoms with E-state index in [2.05, 4.69) is 25.7 Å². The van der Waals surface area contributed by atoms with E-state index in [1.54, 1.807) is 74.2 Å². The van der Waals surface area contributed by atoms with Crippen molar-refractivity contribution in [3.63, 3.8) is 0 Å². The molecule has 11 heteroatoms. The summed E-state index contributed by atoms with van der Waals surface area (Å²) >= 11 is 6.47. The molecule has 37 heavy (non-hydrogen) atoms. The van der Waals surface area contributed by atoms with Gasteiger partial charge in [0.25, 0.3) is 11.8 Å². The van der Waals surface area contributed by atoms with E-state index in [1.165, 1.54) is 9.58 Å². The van der Waals surface area contributed by atoms with Crippen LogP contribution in [-0.4, -0.2) is 48.4 Å². The lowest BCUT2D eigenvalue weighted by Crippen LogP contribution is -2.46. The Hall–Kier alpha value is -4.57. The molecule has 2 N–H and O–H groups in total. The number of anilines is 2. The standard InChI is InChI=1S/C26H22ClN7O3/c1-33-15-20-23(32-33)26(37)34(21(25(36)30-20)13-17-6-2-4-10-28-17)14-16-8-9-18(19(27)12-16)24(35)31-22-7-3-5-11-29-22/h2-12,15,21H,13-14H2,1H3,(H,30,36)(H,29,31,35). The molecule has 3 amide bonds. The molecule has 0 radical (unpaired) electrons. The molecule has 1 aromatic carbocycles. The van der Waals surface area contributed by atoms with Crippen LogP contribution in [-0.2, 0) is 24.8 Å². The van der Waals surface area contributed by atoms with E-state index < -0.39 is 17.9 Å². The van der Waals surface area contributed by atoms with Gasteiger partial charge in [0.15, 0.2) is 5.69 Å². The molecule has 1 aliphatic heterocycles. The first-order valence-corrected chi connectivity index (χ1v) is 11.8. The molecule has 0 saturated heterocycles. The first-order chi connectivity index (χ1) is 17.9. The van der Waals surface area contributed by atoms with Crippen molar-refractivity contribution in [1.29, 1.82) is 0 Å². The lowest BCUT2D eigenvalue weighted by atomic mass is 10.1. The van der Waals surface area contributed by atoms with Crippen LogP contribution in [0.1, 0.15) is 32.1 Å². The predicted molar refractivity (Wildman–Crippen MR) is 137 cm³/mol. The number of nitrogens with one attached hydrogen (secondary N) is 2. The fraction of sp³-hybridized carbons (Fsp3) is 0.154. The second kappa shape index (κ2) is 10.2. The van der Waals surface area contributed by atoms with Crippen molar-refractivity contribution in [3.05, 3.63) is 101 Å². The number of fused-ring (bicyclic) bond motifs is 1. The Morgan fingerprint density at radius 1 is 1.08 bits per heavy atom. The number of carbonyl (C=O) groups is 3. The van der Waals surface area contributed by atoms with Crippen LogP contribution in [0.25, 0.3) is 0 Å². The van der Waals surface area contributed by atoms with Crippen LogP contribution in [0.2, 0.25) is 5.02 Å². The van der Waals surface area contributed by atoms with Crippen molar-refractivity contribution in [2.75, 3.05) is 10.6 Å². The van der Waals surface area contributed by atoms with Gasteiger partial charge in [0, 0.05) is 44.3 Å². The Labute approximate surface area is 217 Å². The first kappa shape index (κ1) is 24.1. The minimum absolute atomic E-state index is 0.0711. The summed E-state index contributed by atoms with van der Waals surface area (Å²) in [6, 6.07) is 14.6. The minimum atomic E-state index is -0.840. The van der Waals surface area contributed by atoms with Gasteiger partial charge in [-0.2, -0.15) is 5.10 Å². The lowest BCUT2D eigenvalue weighted by Gasteiger charge is -2.28. The fourth-order valence-electron chi connectivity index (χ4n) is 4.13. The average molecular weight is 516 g/mol. The molecule has 4 heterocycles. The highest BCUT2D eigenvalue weighted by molar-refractivity contribution is 6.34. The summed E-state index contributed by atoms with van der Waals surface area (Å²) < 4.78 is 1.48. The van der Waals surface area contributed by atoms with Crippen LogP contribution in [0, 0.1) is 0 Å². The molecular weight excluding hydrogens is 494 g/mol. The van der Waals surface area contributed by atoms with Crippen molar-refractivity contribution in [2.24, 2.45) is 7.05 Å². The molecule has 0 spiro atoms. The van der Waals surface area contributed by atoms with Crippen molar-refractivity contribution in [1.82, 2.24) is 24.6 Å². The summed E-state index contributed by atoms with van der Waals surface area (Å²) in [4.78, 5) is 49.4. The number of aryl methyl sites for hydroxylation is 1. The average Bonchev–Trinajstić information content (AvgIpc) is 3.23. The van der Waals surface area contributed by atoms with Crippen molar-refractivity contribution < 1.29 is 14.4 Å². The largest absolute Gasteiger partial charge is 0.321 e. The van der Waals surface area contributed by atoms with E-state index in [-0.39, 0.29) is 35.2 Å². The van der Waals surface area contributed by atoms with Crippen molar-refractivity contribution in [2.45, 2.75) is 19.0 Å². The maximum Gasteiger partial charge on any atom is 0.277 e. The number of pyridine rings is 2. The van der Waals surface area contributed by atoms with Gasteiger partial charge in [0.2, 0.25) is 5.91 Å². The molecule has 1 atom stereocenters. The fourth-order valence-corrected chi connectivity index (χ4v) is 4.42. The third-order valence-corrected chi connectivity index (χ3v) is 6.21. The zero-order valence-electron chi connectivity index (χ0n) is 19.8. The van der Waals surface area contributed by atoms with Gasteiger partial charge >= 0.3 is 0 Å². The number of nitrogens with zero attached hydrogens (tertiary/aromatic N) is 5. The summed E-state index contributed by atoms with van der Waals surface area (Å²) in [5, 5.41) is 9.99. The Bertz CT molecular complexity index is 1470. The summed E-state index contributed by atoms with van der Waals surface area (Å²) in [6.45, 7) is 0.0711. The van der Waals surface area contributed by atoms with Crippen LogP contribution >= 0.6 is 11.6 Å². The van der Waals surface area contributed by atoms with Gasteiger partial charge < -0.3 is 15.5 Å². The second-order valence-corrected chi connectivity index (χ2v) is 8.92. The molecule has 10 nitrogen and oxygen atoms in total. The monoisotopic (exact) mass is 515 g/mol. The SMILES string of the molecule is Cn1cc2c(n1)C(=O)N(Cc1ccc(C(=O)Nc3ccccn3)c(Cl)c1)C(Cc1ccccn1)C(=O)N2. The summed E-state index contributed by atoms with van der Waals surface area (Å²) in [5.74, 6) is -0.754. The second-order valence-electron chi connectivity index (χ2n) is 8.51. The van der Waals surface area contributed by atoms with Gasteiger partial charge in [-0.05, 0) is 42.0 Å². The molecule has 0 fully saturated rings. The topological polar surface area (TPSA) is 122 Å². The maximum absolute atomic E-state index is 13.6. The Morgan fingerprint density at radius 3 is 2.57 bits per heavy atom. The predicted octanol–water partition coefficient (Wildman–Crippen LogP) is 3.32. The zero-order valence-corrected chi connectivity index (χ0v) is 20.5. The lowest BCUT2D eigenvalue weighted by molar-refractivity contribution is -0.120. The minimum Gasteiger partial charge on any atom is -0.321 e. The van der Waals surface area contributed by atoms with Crippen molar-refractivity contribution in [3.8, 4) is 0 Å². The van der Waals surface area contributed by atoms with E-state index in [1.807, 2.05) is 6.07 Å². The smallest absolute Gasteiger partial charge is 0.277 e. The molecule has 0 saturated carbocycles. The molecule has 5 rings (SSSR count). The van der Waals surface area contributed by atoms with Gasteiger partial charge in [0.05, 0.1) is 16.3 Å². The summed E-state index contributed by atoms with van der Waals surface area (Å²) in [7, 11) is 1.68. The van der Waals surface area contributed by atoms with Crippen LogP contribution in [0.4, 0.5) is 11.5 Å². The van der Waals surface area contributed by atoms with E-state index >= 15 is 0 Å². The molecule has 4 aromatic rings. The molecule has 0 aliphatic carbocycles. The van der Waals surface area contributed by atoms with Crippen LogP contribution in [0.15, 0.2) is 73.2 Å². The van der Waals surface area contributed by atoms with Crippen LogP contribution < -0.4 is 10.6 Å². The van der Waals surface area contributed by atoms with Gasteiger partial charge in [-0.15, -0.1) is 0 Å². The number of amides is 3. The maximum atomic E-state index is 13.6. The molecule has 1 unspecified atom stereocenters. The number of aromatic nitrogens is 4. The summed E-state index contributed by atoms with van der Waals surface area (Å²) in [5.41, 5.74) is 2.07. The third kappa shape index (κ3) is 5.19. The zero-order chi connectivity index (χ0) is 25.9. The molecule has 0 bridgehead atoms. The Kier molecular flexibility index (Phi) is 6.65. The Balaban J connectivity index is 1.44. The molecule has 186 valence electrons. The van der Waals surface area contributed by atoms with E-state index in [0.717, 1.165) is 0 Å². The molecule has 3 aromatic heterocycles.